The quantitative estimate of drug-likeness (QED) is 0.269. The van der Waals surface area contributed by atoms with Crippen molar-refractivity contribution in [2.75, 3.05) is 13.2 Å². The van der Waals surface area contributed by atoms with Crippen LogP contribution in [0, 0.1) is 0 Å². The number of aliphatic imine (C=N–C) groups is 1. The van der Waals surface area contributed by atoms with Gasteiger partial charge in [0.1, 0.15) is 11.5 Å². The highest BCUT2D eigenvalue weighted by Gasteiger charge is 2.24. The second kappa shape index (κ2) is 11.2. The number of nitrogens with zero attached hydrogens (tertiary/aromatic N) is 1. The summed E-state index contributed by atoms with van der Waals surface area (Å²) in [4.78, 5) is 16.5. The van der Waals surface area contributed by atoms with Crippen LogP contribution >= 0.6 is 0 Å². The first kappa shape index (κ1) is 21.6. The van der Waals surface area contributed by atoms with Crippen molar-refractivity contribution in [1.82, 2.24) is 0 Å². The highest BCUT2D eigenvalue weighted by atomic mass is 16.6. The van der Waals surface area contributed by atoms with Crippen LogP contribution in [0.1, 0.15) is 57.1 Å². The number of esters is 1. The van der Waals surface area contributed by atoms with Gasteiger partial charge >= 0.3 is 5.97 Å². The Balaban J connectivity index is 1.58. The zero-order chi connectivity index (χ0) is 21.2. The van der Waals surface area contributed by atoms with Gasteiger partial charge in [-0.15, -0.1) is 0 Å². The molecule has 5 heteroatoms. The average Bonchev–Trinajstić information content (AvgIpc) is 3.13. The molecule has 3 rings (SSSR count). The van der Waals surface area contributed by atoms with Crippen molar-refractivity contribution in [3.63, 3.8) is 0 Å². The molecule has 0 amide bonds. The Morgan fingerprint density at radius 3 is 2.23 bits per heavy atom. The predicted octanol–water partition coefficient (Wildman–Crippen LogP) is 5.78. The van der Waals surface area contributed by atoms with E-state index in [1.165, 1.54) is 25.7 Å². The summed E-state index contributed by atoms with van der Waals surface area (Å²) in [6.45, 7) is 5.48. The van der Waals surface area contributed by atoms with E-state index in [1.807, 2.05) is 55.5 Å². The fourth-order valence-electron chi connectivity index (χ4n) is 3.11. The van der Waals surface area contributed by atoms with Crippen LogP contribution < -0.4 is 9.47 Å². The van der Waals surface area contributed by atoms with Gasteiger partial charge in [-0.2, -0.15) is 0 Å². The number of hydrogen-bond donors (Lipinski definition) is 0. The third-order valence-corrected chi connectivity index (χ3v) is 4.73. The molecule has 0 atom stereocenters. The number of carbonyl (C=O) groups is 1. The van der Waals surface area contributed by atoms with Crippen LogP contribution in [-0.4, -0.2) is 25.1 Å². The molecule has 1 heterocycles. The molecule has 30 heavy (non-hydrogen) atoms. The Bertz CT molecular complexity index is 882. The summed E-state index contributed by atoms with van der Waals surface area (Å²) in [5.41, 5.74) is 1.88. The molecule has 0 N–H and O–H groups in total. The highest BCUT2D eigenvalue weighted by Crippen LogP contribution is 2.22. The van der Waals surface area contributed by atoms with Gasteiger partial charge in [-0.1, -0.05) is 44.7 Å². The minimum atomic E-state index is -0.453. The molecule has 0 bridgehead atoms. The fourth-order valence-corrected chi connectivity index (χ4v) is 3.11. The Hall–Kier alpha value is -3.08. The molecule has 1 aliphatic rings. The van der Waals surface area contributed by atoms with E-state index in [1.54, 1.807) is 6.08 Å². The average molecular weight is 408 g/mol. The predicted molar refractivity (Wildman–Crippen MR) is 119 cm³/mol. The molecule has 0 fully saturated rings. The lowest BCUT2D eigenvalue weighted by Gasteiger charge is -2.06. The lowest BCUT2D eigenvalue weighted by atomic mass is 10.1. The van der Waals surface area contributed by atoms with E-state index in [2.05, 4.69) is 11.9 Å². The maximum Gasteiger partial charge on any atom is 0.363 e. The van der Waals surface area contributed by atoms with E-state index >= 15 is 0 Å². The molecule has 0 saturated carbocycles. The van der Waals surface area contributed by atoms with Crippen LogP contribution in [0.2, 0.25) is 0 Å². The van der Waals surface area contributed by atoms with Gasteiger partial charge in [0, 0.05) is 5.56 Å². The summed E-state index contributed by atoms with van der Waals surface area (Å²) in [5, 5.41) is 0. The molecule has 158 valence electrons. The molecule has 0 radical (unpaired) electrons. The zero-order valence-electron chi connectivity index (χ0n) is 17.7. The van der Waals surface area contributed by atoms with Gasteiger partial charge in [0.15, 0.2) is 5.70 Å². The van der Waals surface area contributed by atoms with Crippen LogP contribution in [0.15, 0.2) is 59.2 Å². The zero-order valence-corrected chi connectivity index (χ0v) is 17.7. The van der Waals surface area contributed by atoms with Gasteiger partial charge < -0.3 is 14.2 Å². The summed E-state index contributed by atoms with van der Waals surface area (Å²) < 4.78 is 16.5. The summed E-state index contributed by atoms with van der Waals surface area (Å²) in [6, 6.07) is 15.0. The summed E-state index contributed by atoms with van der Waals surface area (Å²) in [6.07, 6.45) is 7.79. The first-order chi connectivity index (χ1) is 14.7. The Morgan fingerprint density at radius 1 is 0.867 bits per heavy atom. The normalized spacial score (nSPS) is 14.5. The Morgan fingerprint density at radius 2 is 1.53 bits per heavy atom. The van der Waals surface area contributed by atoms with Gasteiger partial charge in [0.2, 0.25) is 5.90 Å². The lowest BCUT2D eigenvalue weighted by molar-refractivity contribution is -0.129. The SMILES string of the molecule is CCCCCCCOc1ccc(/C=C2\N=C(c3ccc(OCC)cc3)OC2=O)cc1. The molecular weight excluding hydrogens is 378 g/mol. The van der Waals surface area contributed by atoms with Gasteiger partial charge in [0.25, 0.3) is 0 Å². The number of hydrogen-bond acceptors (Lipinski definition) is 5. The van der Waals surface area contributed by atoms with Crippen molar-refractivity contribution < 1.29 is 19.0 Å². The number of rotatable bonds is 11. The van der Waals surface area contributed by atoms with Crippen LogP contribution in [0.3, 0.4) is 0 Å². The van der Waals surface area contributed by atoms with Crippen molar-refractivity contribution in [1.29, 1.82) is 0 Å². The maximum atomic E-state index is 12.2. The number of ether oxygens (including phenoxy) is 3. The minimum absolute atomic E-state index is 0.281. The van der Waals surface area contributed by atoms with Crippen molar-refractivity contribution in [3.05, 3.63) is 65.4 Å². The molecular formula is C25H29NO4. The van der Waals surface area contributed by atoms with Gasteiger partial charge in [-0.05, 0) is 61.4 Å². The third-order valence-electron chi connectivity index (χ3n) is 4.73. The molecule has 5 nitrogen and oxygen atoms in total. The second-order valence-electron chi connectivity index (χ2n) is 7.13. The van der Waals surface area contributed by atoms with Crippen LogP contribution in [-0.2, 0) is 9.53 Å². The Labute approximate surface area is 178 Å². The molecule has 0 spiro atoms. The largest absolute Gasteiger partial charge is 0.494 e. The molecule has 0 saturated heterocycles. The van der Waals surface area contributed by atoms with E-state index in [9.17, 15) is 4.79 Å². The van der Waals surface area contributed by atoms with Crippen molar-refractivity contribution in [3.8, 4) is 11.5 Å². The maximum absolute atomic E-state index is 12.2. The minimum Gasteiger partial charge on any atom is -0.494 e. The topological polar surface area (TPSA) is 57.1 Å². The van der Waals surface area contributed by atoms with E-state index in [4.69, 9.17) is 14.2 Å². The fraction of sp³-hybridized carbons (Fsp3) is 0.360. The number of carbonyl (C=O) groups excluding carboxylic acids is 1. The van der Waals surface area contributed by atoms with Crippen LogP contribution in [0.5, 0.6) is 11.5 Å². The van der Waals surface area contributed by atoms with Crippen molar-refractivity contribution in [2.45, 2.75) is 46.0 Å². The third kappa shape index (κ3) is 6.21. The molecule has 0 aliphatic carbocycles. The van der Waals surface area contributed by atoms with Gasteiger partial charge in [-0.25, -0.2) is 9.79 Å². The van der Waals surface area contributed by atoms with E-state index in [0.717, 1.165) is 35.7 Å². The van der Waals surface area contributed by atoms with E-state index in [-0.39, 0.29) is 5.70 Å². The first-order valence-corrected chi connectivity index (χ1v) is 10.7. The first-order valence-electron chi connectivity index (χ1n) is 10.7. The summed E-state index contributed by atoms with van der Waals surface area (Å²) in [5.74, 6) is 1.45. The molecule has 2 aromatic carbocycles. The van der Waals surface area contributed by atoms with Crippen LogP contribution in [0.25, 0.3) is 6.08 Å². The lowest BCUT2D eigenvalue weighted by Crippen LogP contribution is -2.05. The second-order valence-corrected chi connectivity index (χ2v) is 7.13. The summed E-state index contributed by atoms with van der Waals surface area (Å²) >= 11 is 0. The van der Waals surface area contributed by atoms with Gasteiger partial charge in [0.05, 0.1) is 13.2 Å². The van der Waals surface area contributed by atoms with Gasteiger partial charge in [-0.3, -0.25) is 0 Å². The number of unbranched alkanes of at least 4 members (excludes halogenated alkanes) is 4. The molecule has 0 unspecified atom stereocenters. The molecule has 1 aliphatic heterocycles. The van der Waals surface area contributed by atoms with Crippen molar-refractivity contribution in [2.24, 2.45) is 4.99 Å². The van der Waals surface area contributed by atoms with E-state index in [0.29, 0.717) is 12.5 Å². The molecule has 0 aromatic heterocycles. The highest BCUT2D eigenvalue weighted by molar-refractivity contribution is 6.12. The molecule has 2 aromatic rings. The van der Waals surface area contributed by atoms with Crippen LogP contribution in [0.4, 0.5) is 0 Å². The Kier molecular flexibility index (Phi) is 8.07. The van der Waals surface area contributed by atoms with Crippen molar-refractivity contribution >= 4 is 17.9 Å². The number of benzene rings is 2. The smallest absolute Gasteiger partial charge is 0.363 e. The monoisotopic (exact) mass is 407 g/mol. The number of cyclic esters (lactones) is 1. The summed E-state index contributed by atoms with van der Waals surface area (Å²) in [7, 11) is 0. The van der Waals surface area contributed by atoms with E-state index < -0.39 is 5.97 Å². The standard InChI is InChI=1S/C25H29NO4/c1-3-5-6-7-8-17-29-22-13-9-19(10-14-22)18-23-25(27)30-24(26-23)20-11-15-21(16-12-20)28-4-2/h9-16,18H,3-8,17H2,1-2H3/b23-18-.